The van der Waals surface area contributed by atoms with Crippen molar-refractivity contribution in [3.63, 3.8) is 0 Å². The van der Waals surface area contributed by atoms with Crippen molar-refractivity contribution in [3.05, 3.63) is 20.8 Å². The molecule has 1 rings (SSSR count). The van der Waals surface area contributed by atoms with Gasteiger partial charge in [-0.1, -0.05) is 0 Å². The van der Waals surface area contributed by atoms with Crippen molar-refractivity contribution < 1.29 is 0 Å². The fraction of sp³-hybridized carbons (Fsp3) is 0.556. The highest BCUT2D eigenvalue weighted by Gasteiger charge is 2.08. The first-order chi connectivity index (χ1) is 6.76. The minimum atomic E-state index is 0.333. The fourth-order valence-electron chi connectivity index (χ4n) is 1.27. The highest BCUT2D eigenvalue weighted by atomic mass is 79.9. The zero-order chi connectivity index (χ0) is 10.4. The number of hydrazine groups is 1. The van der Waals surface area contributed by atoms with Gasteiger partial charge in [-0.15, -0.1) is 22.9 Å². The Morgan fingerprint density at radius 3 is 2.86 bits per heavy atom. The largest absolute Gasteiger partial charge is 0.271 e. The van der Waals surface area contributed by atoms with Crippen LogP contribution in [0, 0.1) is 0 Å². The van der Waals surface area contributed by atoms with Gasteiger partial charge in [-0.3, -0.25) is 11.3 Å². The number of hydrogen-bond donors (Lipinski definition) is 2. The van der Waals surface area contributed by atoms with Crippen LogP contribution in [0.5, 0.6) is 0 Å². The maximum Gasteiger partial charge on any atom is 0.0701 e. The maximum absolute atomic E-state index is 5.64. The summed E-state index contributed by atoms with van der Waals surface area (Å²) in [5, 5.41) is 0. The SMILES string of the molecule is NNC(CCCCl)Cc1ccc(Br)s1. The number of alkyl halides is 1. The van der Waals surface area contributed by atoms with E-state index in [1.165, 1.54) is 8.66 Å². The van der Waals surface area contributed by atoms with Crippen LogP contribution in [-0.2, 0) is 6.42 Å². The number of nitrogens with two attached hydrogens (primary N) is 1. The van der Waals surface area contributed by atoms with Crippen LogP contribution < -0.4 is 11.3 Å². The standard InChI is InChI=1S/C9H14BrClN2S/c10-9-4-3-8(14-9)6-7(13-12)2-1-5-11/h3-4,7,13H,1-2,5-6,12H2. The van der Waals surface area contributed by atoms with Gasteiger partial charge in [0.2, 0.25) is 0 Å². The van der Waals surface area contributed by atoms with E-state index in [4.69, 9.17) is 17.4 Å². The van der Waals surface area contributed by atoms with Gasteiger partial charge in [0.25, 0.3) is 0 Å². The van der Waals surface area contributed by atoms with Crippen LogP contribution in [0.15, 0.2) is 15.9 Å². The Labute approximate surface area is 102 Å². The minimum absolute atomic E-state index is 0.333. The number of hydrogen-bond acceptors (Lipinski definition) is 3. The topological polar surface area (TPSA) is 38.0 Å². The van der Waals surface area contributed by atoms with E-state index in [-0.39, 0.29) is 0 Å². The van der Waals surface area contributed by atoms with Crippen LogP contribution in [0.1, 0.15) is 17.7 Å². The molecule has 0 fully saturated rings. The second-order valence-corrected chi connectivity index (χ2v) is 6.03. The van der Waals surface area contributed by atoms with Crippen molar-refractivity contribution in [3.8, 4) is 0 Å². The molecular formula is C9H14BrClN2S. The molecule has 0 saturated heterocycles. The summed E-state index contributed by atoms with van der Waals surface area (Å²) in [5.41, 5.74) is 2.83. The Morgan fingerprint density at radius 2 is 2.36 bits per heavy atom. The van der Waals surface area contributed by atoms with E-state index in [9.17, 15) is 0 Å². The molecule has 0 amide bonds. The number of nitrogens with one attached hydrogen (secondary N) is 1. The number of rotatable bonds is 6. The van der Waals surface area contributed by atoms with E-state index in [1.54, 1.807) is 11.3 Å². The second kappa shape index (κ2) is 6.80. The summed E-state index contributed by atoms with van der Waals surface area (Å²) in [4.78, 5) is 1.34. The Morgan fingerprint density at radius 1 is 1.57 bits per heavy atom. The van der Waals surface area contributed by atoms with Crippen LogP contribution >= 0.6 is 38.9 Å². The van der Waals surface area contributed by atoms with Gasteiger partial charge < -0.3 is 0 Å². The van der Waals surface area contributed by atoms with Gasteiger partial charge in [-0.25, -0.2) is 0 Å². The predicted molar refractivity (Wildman–Crippen MR) is 66.8 cm³/mol. The summed E-state index contributed by atoms with van der Waals surface area (Å²) < 4.78 is 1.17. The van der Waals surface area contributed by atoms with Crippen molar-refractivity contribution >= 4 is 38.9 Å². The van der Waals surface area contributed by atoms with E-state index in [2.05, 4.69) is 33.5 Å². The molecule has 2 nitrogen and oxygen atoms in total. The molecule has 0 radical (unpaired) electrons. The minimum Gasteiger partial charge on any atom is -0.271 e. The molecule has 0 aromatic carbocycles. The molecule has 0 aliphatic rings. The third-order valence-corrected chi connectivity index (χ3v) is 3.91. The third-order valence-electron chi connectivity index (χ3n) is 2.00. The van der Waals surface area contributed by atoms with Crippen molar-refractivity contribution in [2.75, 3.05) is 5.88 Å². The lowest BCUT2D eigenvalue weighted by molar-refractivity contribution is 0.490. The van der Waals surface area contributed by atoms with E-state index < -0.39 is 0 Å². The Balaban J connectivity index is 2.40. The Bertz CT molecular complexity index is 267. The van der Waals surface area contributed by atoms with Crippen LogP contribution in [0.2, 0.25) is 0 Å². The lowest BCUT2D eigenvalue weighted by Crippen LogP contribution is -2.36. The zero-order valence-electron chi connectivity index (χ0n) is 7.80. The molecule has 1 heterocycles. The molecule has 5 heteroatoms. The van der Waals surface area contributed by atoms with Crippen molar-refractivity contribution in [1.82, 2.24) is 5.43 Å². The average molecular weight is 298 g/mol. The highest BCUT2D eigenvalue weighted by molar-refractivity contribution is 9.11. The van der Waals surface area contributed by atoms with Crippen LogP contribution in [0.25, 0.3) is 0 Å². The first kappa shape index (κ1) is 12.5. The quantitative estimate of drug-likeness (QED) is 0.481. The number of thiophene rings is 1. The molecule has 14 heavy (non-hydrogen) atoms. The summed E-state index contributed by atoms with van der Waals surface area (Å²) in [6.07, 6.45) is 3.00. The van der Waals surface area contributed by atoms with Crippen molar-refractivity contribution in [2.45, 2.75) is 25.3 Å². The van der Waals surface area contributed by atoms with Crippen molar-refractivity contribution in [2.24, 2.45) is 5.84 Å². The molecule has 0 bridgehead atoms. The average Bonchev–Trinajstić information content (AvgIpc) is 2.58. The molecule has 1 aromatic rings. The molecule has 0 spiro atoms. The number of halogens is 2. The second-order valence-electron chi connectivity index (χ2n) is 3.10. The predicted octanol–water partition coefficient (Wildman–Crippen LogP) is 2.90. The lowest BCUT2D eigenvalue weighted by Gasteiger charge is -2.13. The summed E-state index contributed by atoms with van der Waals surface area (Å²) in [5.74, 6) is 6.17. The normalized spacial score (nSPS) is 13.1. The maximum atomic E-state index is 5.64. The van der Waals surface area contributed by atoms with Gasteiger partial charge in [-0.2, -0.15) is 0 Å². The molecule has 0 saturated carbocycles. The highest BCUT2D eigenvalue weighted by Crippen LogP contribution is 2.23. The van der Waals surface area contributed by atoms with E-state index in [1.807, 2.05) is 0 Å². The van der Waals surface area contributed by atoms with Gasteiger partial charge in [0, 0.05) is 16.8 Å². The molecule has 0 aliphatic heterocycles. The van der Waals surface area contributed by atoms with Crippen LogP contribution in [0.4, 0.5) is 0 Å². The summed E-state index contributed by atoms with van der Waals surface area (Å²) in [6, 6.07) is 4.52. The molecule has 80 valence electrons. The van der Waals surface area contributed by atoms with E-state index in [0.717, 1.165) is 19.3 Å². The zero-order valence-corrected chi connectivity index (χ0v) is 11.0. The van der Waals surface area contributed by atoms with E-state index >= 15 is 0 Å². The molecule has 1 unspecified atom stereocenters. The van der Waals surface area contributed by atoms with Gasteiger partial charge in [0.05, 0.1) is 3.79 Å². The third kappa shape index (κ3) is 4.28. The van der Waals surface area contributed by atoms with Gasteiger partial charge in [0.1, 0.15) is 0 Å². The van der Waals surface area contributed by atoms with Crippen LogP contribution in [0.3, 0.4) is 0 Å². The van der Waals surface area contributed by atoms with Gasteiger partial charge in [-0.05, 0) is 47.3 Å². The van der Waals surface area contributed by atoms with E-state index in [0.29, 0.717) is 11.9 Å². The Kier molecular flexibility index (Phi) is 6.05. The molecule has 3 N–H and O–H groups in total. The first-order valence-electron chi connectivity index (χ1n) is 4.52. The smallest absolute Gasteiger partial charge is 0.0701 e. The molecule has 1 atom stereocenters. The van der Waals surface area contributed by atoms with Gasteiger partial charge >= 0.3 is 0 Å². The molecule has 0 aliphatic carbocycles. The molecule has 1 aromatic heterocycles. The Hall–Kier alpha value is 0.390. The summed E-state index contributed by atoms with van der Waals surface area (Å²) >= 11 is 10.8. The molecular weight excluding hydrogens is 284 g/mol. The summed E-state index contributed by atoms with van der Waals surface area (Å²) in [7, 11) is 0. The first-order valence-corrected chi connectivity index (χ1v) is 6.67. The van der Waals surface area contributed by atoms with Crippen LogP contribution in [-0.4, -0.2) is 11.9 Å². The van der Waals surface area contributed by atoms with Crippen molar-refractivity contribution in [1.29, 1.82) is 0 Å². The van der Waals surface area contributed by atoms with Gasteiger partial charge in [0.15, 0.2) is 0 Å². The fourth-order valence-corrected chi connectivity index (χ4v) is 2.99. The monoisotopic (exact) mass is 296 g/mol. The lowest BCUT2D eigenvalue weighted by atomic mass is 10.1. The summed E-state index contributed by atoms with van der Waals surface area (Å²) in [6.45, 7) is 0.